The third-order valence-electron chi connectivity index (χ3n) is 7.40. The summed E-state index contributed by atoms with van der Waals surface area (Å²) in [4.78, 5) is 26.7. The van der Waals surface area contributed by atoms with Crippen molar-refractivity contribution in [3.05, 3.63) is 53.9 Å². The van der Waals surface area contributed by atoms with Crippen LogP contribution in [0.4, 0.5) is 23.0 Å². The first-order valence-electron chi connectivity index (χ1n) is 13.8. The SMILES string of the molecule is COc1cc(N(C)CCN(C)C)c(N)cc1Nc1ncc(C(=O)NCCO)c(-c2cn3c4c(cccc24)CCC3)n1. The molecule has 0 atom stereocenters. The summed E-state index contributed by atoms with van der Waals surface area (Å²) < 4.78 is 7.94. The topological polar surface area (TPSA) is 134 Å². The predicted octanol–water partition coefficient (Wildman–Crippen LogP) is 3.10. The number of likely N-dealkylation sites (N-methyl/N-ethyl adjacent to an activating group) is 2. The molecule has 11 heteroatoms. The van der Waals surface area contributed by atoms with Gasteiger partial charge in [0.1, 0.15) is 5.75 Å². The summed E-state index contributed by atoms with van der Waals surface area (Å²) in [6, 6.07) is 9.98. The van der Waals surface area contributed by atoms with Crippen LogP contribution in [0.2, 0.25) is 0 Å². The Morgan fingerprint density at radius 3 is 2.80 bits per heavy atom. The van der Waals surface area contributed by atoms with Gasteiger partial charge in [-0.15, -0.1) is 0 Å². The molecule has 5 N–H and O–H groups in total. The quantitative estimate of drug-likeness (QED) is 0.205. The maximum absolute atomic E-state index is 13.1. The highest BCUT2D eigenvalue weighted by molar-refractivity contribution is 6.05. The van der Waals surface area contributed by atoms with Crippen LogP contribution in [0.3, 0.4) is 0 Å². The molecule has 0 radical (unpaired) electrons. The van der Waals surface area contributed by atoms with Crippen LogP contribution in [0.25, 0.3) is 22.2 Å². The van der Waals surface area contributed by atoms with Gasteiger partial charge in [-0.05, 0) is 38.6 Å². The molecule has 1 aliphatic heterocycles. The molecule has 0 saturated carbocycles. The molecular weight excluding hydrogens is 520 g/mol. The first kappa shape index (κ1) is 28.2. The Kier molecular flexibility index (Phi) is 8.27. The zero-order valence-corrected chi connectivity index (χ0v) is 24.1. The number of aromatic nitrogens is 3. The van der Waals surface area contributed by atoms with E-state index in [9.17, 15) is 9.90 Å². The minimum Gasteiger partial charge on any atom is -0.494 e. The molecule has 41 heavy (non-hydrogen) atoms. The van der Waals surface area contributed by atoms with Gasteiger partial charge in [0.05, 0.1) is 47.6 Å². The van der Waals surface area contributed by atoms with Crippen LogP contribution < -0.4 is 26.0 Å². The van der Waals surface area contributed by atoms with Gasteiger partial charge in [0, 0.05) is 62.6 Å². The van der Waals surface area contributed by atoms with Gasteiger partial charge in [-0.3, -0.25) is 4.79 Å². The largest absolute Gasteiger partial charge is 0.494 e. The fraction of sp³-hybridized carbons (Fsp3) is 0.367. The third-order valence-corrected chi connectivity index (χ3v) is 7.40. The number of hydrogen-bond acceptors (Lipinski definition) is 9. The van der Waals surface area contributed by atoms with Crippen molar-refractivity contribution in [3.63, 3.8) is 0 Å². The van der Waals surface area contributed by atoms with Crippen molar-refractivity contribution in [2.24, 2.45) is 0 Å². The van der Waals surface area contributed by atoms with Gasteiger partial charge in [-0.25, -0.2) is 9.97 Å². The summed E-state index contributed by atoms with van der Waals surface area (Å²) in [6.07, 6.45) is 5.66. The van der Waals surface area contributed by atoms with E-state index in [0.717, 1.165) is 49.1 Å². The van der Waals surface area contributed by atoms with E-state index < -0.39 is 0 Å². The number of methoxy groups -OCH3 is 1. The number of benzene rings is 2. The van der Waals surface area contributed by atoms with E-state index in [1.165, 1.54) is 17.3 Å². The zero-order chi connectivity index (χ0) is 29.1. The normalized spacial score (nSPS) is 12.5. The number of nitrogens with one attached hydrogen (secondary N) is 2. The van der Waals surface area contributed by atoms with Crippen molar-refractivity contribution in [1.82, 2.24) is 24.8 Å². The Morgan fingerprint density at radius 2 is 2.05 bits per heavy atom. The number of amides is 1. The zero-order valence-electron chi connectivity index (χ0n) is 24.1. The van der Waals surface area contributed by atoms with E-state index in [2.05, 4.69) is 48.3 Å². The number of carbonyl (C=O) groups excluding carboxylic acids is 1. The minimum atomic E-state index is -0.348. The van der Waals surface area contributed by atoms with Gasteiger partial charge in [0.15, 0.2) is 0 Å². The smallest absolute Gasteiger partial charge is 0.255 e. The molecule has 216 valence electrons. The molecular formula is C30H38N8O3. The van der Waals surface area contributed by atoms with Crippen LogP contribution in [-0.2, 0) is 13.0 Å². The van der Waals surface area contributed by atoms with Gasteiger partial charge >= 0.3 is 0 Å². The average Bonchev–Trinajstić information content (AvgIpc) is 3.35. The molecule has 1 amide bonds. The first-order valence-corrected chi connectivity index (χ1v) is 13.8. The molecule has 0 spiro atoms. The Balaban J connectivity index is 1.55. The number of aryl methyl sites for hydroxylation is 2. The molecule has 11 nitrogen and oxygen atoms in total. The third kappa shape index (κ3) is 5.77. The van der Waals surface area contributed by atoms with Crippen molar-refractivity contribution in [1.29, 1.82) is 0 Å². The second kappa shape index (κ2) is 12.0. The lowest BCUT2D eigenvalue weighted by molar-refractivity contribution is 0.0945. The number of carbonyl (C=O) groups is 1. The van der Waals surface area contributed by atoms with Crippen molar-refractivity contribution < 1.29 is 14.6 Å². The average molecular weight is 559 g/mol. The molecule has 5 rings (SSSR count). The standard InChI is InChI=1S/C30H38N8O3/c1-36(2)12-13-37(3)25-16-26(41-4)24(15-23(25)31)34-30-33-17-21(29(40)32-10-14-39)27(35-30)22-18-38-11-6-8-19-7-5-9-20(22)28(19)38/h5,7,9,15-18,39H,6,8,10-14,31H2,1-4H3,(H,32,40)(H,33,34,35). The molecule has 0 unspecified atom stereocenters. The maximum Gasteiger partial charge on any atom is 0.255 e. The van der Waals surface area contributed by atoms with Crippen molar-refractivity contribution in [3.8, 4) is 17.0 Å². The highest BCUT2D eigenvalue weighted by Gasteiger charge is 2.23. The van der Waals surface area contributed by atoms with Crippen LogP contribution in [0.15, 0.2) is 42.7 Å². The molecule has 2 aromatic carbocycles. The van der Waals surface area contributed by atoms with E-state index >= 15 is 0 Å². The second-order valence-corrected chi connectivity index (χ2v) is 10.5. The van der Waals surface area contributed by atoms with Gasteiger partial charge in [-0.2, -0.15) is 0 Å². The predicted molar refractivity (Wildman–Crippen MR) is 163 cm³/mol. The van der Waals surface area contributed by atoms with Crippen LogP contribution >= 0.6 is 0 Å². The Labute approximate surface area is 239 Å². The molecule has 0 aliphatic carbocycles. The second-order valence-electron chi connectivity index (χ2n) is 10.5. The summed E-state index contributed by atoms with van der Waals surface area (Å²) >= 11 is 0. The number of rotatable bonds is 11. The van der Waals surface area contributed by atoms with Gasteiger partial charge < -0.3 is 40.6 Å². The molecule has 4 aromatic rings. The van der Waals surface area contributed by atoms with E-state index in [-0.39, 0.29) is 19.1 Å². The van der Waals surface area contributed by atoms with Crippen molar-refractivity contribution in [2.45, 2.75) is 19.4 Å². The number of anilines is 4. The summed E-state index contributed by atoms with van der Waals surface area (Å²) in [5.41, 5.74) is 12.7. The van der Waals surface area contributed by atoms with Crippen molar-refractivity contribution in [2.75, 3.05) is 70.4 Å². The summed E-state index contributed by atoms with van der Waals surface area (Å²) in [5, 5.41) is 16.3. The van der Waals surface area contributed by atoms with Gasteiger partial charge in [-0.1, -0.05) is 18.2 Å². The number of aliphatic hydroxyl groups is 1. The summed E-state index contributed by atoms with van der Waals surface area (Å²) in [7, 11) is 7.67. The Morgan fingerprint density at radius 1 is 1.22 bits per heavy atom. The number of aliphatic hydroxyl groups excluding tert-OH is 1. The number of ether oxygens (including phenoxy) is 1. The Bertz CT molecular complexity index is 1570. The lowest BCUT2D eigenvalue weighted by Gasteiger charge is -2.24. The molecule has 3 heterocycles. The summed E-state index contributed by atoms with van der Waals surface area (Å²) in [5.74, 6) is 0.546. The van der Waals surface area contributed by atoms with E-state index in [1.54, 1.807) is 7.11 Å². The molecule has 0 fully saturated rings. The number of para-hydroxylation sites is 1. The summed E-state index contributed by atoms with van der Waals surface area (Å²) in [6.45, 7) is 2.56. The van der Waals surface area contributed by atoms with Gasteiger partial charge in [0.25, 0.3) is 5.91 Å². The Hall–Kier alpha value is -4.35. The molecule has 2 aromatic heterocycles. The first-order chi connectivity index (χ1) is 19.8. The molecule has 0 bridgehead atoms. The highest BCUT2D eigenvalue weighted by atomic mass is 16.5. The fourth-order valence-corrected chi connectivity index (χ4v) is 5.30. The lowest BCUT2D eigenvalue weighted by atomic mass is 10.0. The molecule has 0 saturated heterocycles. The number of nitrogens with two attached hydrogens (primary N) is 1. The van der Waals surface area contributed by atoms with Crippen LogP contribution in [0.5, 0.6) is 5.75 Å². The van der Waals surface area contributed by atoms with Crippen LogP contribution in [0.1, 0.15) is 22.3 Å². The lowest BCUT2D eigenvalue weighted by Crippen LogP contribution is -2.29. The van der Waals surface area contributed by atoms with Crippen molar-refractivity contribution >= 4 is 39.8 Å². The van der Waals surface area contributed by atoms with Crippen LogP contribution in [-0.4, -0.2) is 84.9 Å². The minimum absolute atomic E-state index is 0.135. The van der Waals surface area contributed by atoms with Gasteiger partial charge in [0.2, 0.25) is 5.95 Å². The monoisotopic (exact) mass is 558 g/mol. The van der Waals surface area contributed by atoms with Crippen LogP contribution in [0, 0.1) is 0 Å². The highest BCUT2D eigenvalue weighted by Crippen LogP contribution is 2.38. The number of hydrogen-bond donors (Lipinski definition) is 4. The number of nitrogen functional groups attached to an aromatic ring is 1. The number of nitrogens with zero attached hydrogens (tertiary/aromatic N) is 5. The fourth-order valence-electron chi connectivity index (χ4n) is 5.30. The van der Waals surface area contributed by atoms with E-state index in [0.29, 0.717) is 34.3 Å². The maximum atomic E-state index is 13.1. The van der Waals surface area contributed by atoms with E-state index in [4.69, 9.17) is 15.5 Å². The van der Waals surface area contributed by atoms with E-state index in [1.807, 2.05) is 39.3 Å². The molecule has 1 aliphatic rings.